The van der Waals surface area contributed by atoms with Gasteiger partial charge in [-0.1, -0.05) is 6.07 Å². The number of aromatic nitrogens is 1. The van der Waals surface area contributed by atoms with Crippen molar-refractivity contribution in [2.24, 2.45) is 0 Å². The maximum atomic E-state index is 5.89. The predicted octanol–water partition coefficient (Wildman–Crippen LogP) is 2.59. The molecule has 0 atom stereocenters. The summed E-state index contributed by atoms with van der Waals surface area (Å²) >= 11 is 3.45. The van der Waals surface area contributed by atoms with Gasteiger partial charge < -0.3 is 10.5 Å². The zero-order valence-corrected chi connectivity index (χ0v) is 9.21. The number of nitrogens with zero attached hydrogens (tertiary/aromatic N) is 1. The second kappa shape index (κ2) is 3.46. The van der Waals surface area contributed by atoms with Crippen molar-refractivity contribution in [3.63, 3.8) is 0 Å². The fourth-order valence-electron chi connectivity index (χ4n) is 1.37. The number of benzene rings is 1. The molecule has 0 amide bonds. The first-order chi connectivity index (χ1) is 6.74. The molecule has 0 aliphatic carbocycles. The smallest absolute Gasteiger partial charge is 0.145 e. The largest absolute Gasteiger partial charge is 0.494 e. The minimum absolute atomic E-state index is 0.575. The molecular formula is C10H9BrN2O. The van der Waals surface area contributed by atoms with Gasteiger partial charge in [-0.2, -0.15) is 0 Å². The first-order valence-electron chi connectivity index (χ1n) is 4.10. The Kier molecular flexibility index (Phi) is 2.29. The van der Waals surface area contributed by atoms with Gasteiger partial charge in [-0.3, -0.25) is 4.98 Å². The third-order valence-corrected chi connectivity index (χ3v) is 2.72. The number of halogens is 1. The number of methoxy groups -OCH3 is 1. The molecule has 0 fully saturated rings. The standard InChI is InChI=1S/C10H9BrN2O/c1-14-8-5-7(11)6-3-2-4-13-10(6)9(8)12/h2-5H,12H2,1H3. The molecule has 72 valence electrons. The van der Waals surface area contributed by atoms with Crippen LogP contribution in [0.4, 0.5) is 5.69 Å². The molecule has 0 unspecified atom stereocenters. The predicted molar refractivity (Wildman–Crippen MR) is 60.4 cm³/mol. The number of ether oxygens (including phenoxy) is 1. The van der Waals surface area contributed by atoms with Gasteiger partial charge in [0.05, 0.1) is 12.6 Å². The quantitative estimate of drug-likeness (QED) is 0.794. The number of hydrogen-bond acceptors (Lipinski definition) is 3. The maximum absolute atomic E-state index is 5.89. The minimum Gasteiger partial charge on any atom is -0.494 e. The molecule has 2 rings (SSSR count). The zero-order chi connectivity index (χ0) is 10.1. The van der Waals surface area contributed by atoms with Gasteiger partial charge in [0.1, 0.15) is 11.4 Å². The number of fused-ring (bicyclic) bond motifs is 1. The number of hydrogen-bond donors (Lipinski definition) is 1. The summed E-state index contributed by atoms with van der Waals surface area (Å²) in [5.74, 6) is 0.642. The van der Waals surface area contributed by atoms with Crippen molar-refractivity contribution in [1.29, 1.82) is 0 Å². The first-order valence-corrected chi connectivity index (χ1v) is 4.90. The molecule has 1 aromatic carbocycles. The number of pyridine rings is 1. The van der Waals surface area contributed by atoms with Crippen LogP contribution in [0.3, 0.4) is 0 Å². The van der Waals surface area contributed by atoms with E-state index in [9.17, 15) is 0 Å². The van der Waals surface area contributed by atoms with Crippen molar-refractivity contribution >= 4 is 32.5 Å². The van der Waals surface area contributed by atoms with Crippen LogP contribution in [0, 0.1) is 0 Å². The second-order valence-electron chi connectivity index (χ2n) is 2.87. The lowest BCUT2D eigenvalue weighted by molar-refractivity contribution is 0.417. The van der Waals surface area contributed by atoms with E-state index in [-0.39, 0.29) is 0 Å². The van der Waals surface area contributed by atoms with Gasteiger partial charge in [-0.05, 0) is 28.1 Å². The Labute approximate surface area is 90.0 Å². The van der Waals surface area contributed by atoms with Gasteiger partial charge in [0.2, 0.25) is 0 Å². The number of nitrogen functional groups attached to an aromatic ring is 1. The molecule has 2 aromatic rings. The first kappa shape index (κ1) is 9.27. The van der Waals surface area contributed by atoms with Crippen LogP contribution in [0.1, 0.15) is 0 Å². The summed E-state index contributed by atoms with van der Waals surface area (Å²) in [6, 6.07) is 5.68. The Morgan fingerprint density at radius 2 is 2.29 bits per heavy atom. The van der Waals surface area contributed by atoms with E-state index in [0.717, 1.165) is 15.4 Å². The topological polar surface area (TPSA) is 48.1 Å². The van der Waals surface area contributed by atoms with E-state index in [4.69, 9.17) is 10.5 Å². The molecule has 0 bridgehead atoms. The lowest BCUT2D eigenvalue weighted by Gasteiger charge is -2.08. The maximum Gasteiger partial charge on any atom is 0.145 e. The molecule has 1 heterocycles. The van der Waals surface area contributed by atoms with Gasteiger partial charge in [0.15, 0.2) is 0 Å². The van der Waals surface area contributed by atoms with Crippen LogP contribution < -0.4 is 10.5 Å². The number of rotatable bonds is 1. The lowest BCUT2D eigenvalue weighted by atomic mass is 10.2. The van der Waals surface area contributed by atoms with Gasteiger partial charge in [0.25, 0.3) is 0 Å². The SMILES string of the molecule is COc1cc(Br)c2cccnc2c1N. The highest BCUT2D eigenvalue weighted by atomic mass is 79.9. The Bertz CT molecular complexity index is 485. The highest BCUT2D eigenvalue weighted by molar-refractivity contribution is 9.10. The average molecular weight is 253 g/mol. The van der Waals surface area contributed by atoms with Crippen LogP contribution in [-0.4, -0.2) is 12.1 Å². The van der Waals surface area contributed by atoms with Crippen LogP contribution in [0.25, 0.3) is 10.9 Å². The fourth-order valence-corrected chi connectivity index (χ4v) is 1.90. The monoisotopic (exact) mass is 252 g/mol. The lowest BCUT2D eigenvalue weighted by Crippen LogP contribution is -1.95. The number of anilines is 1. The summed E-state index contributed by atoms with van der Waals surface area (Å²) in [4.78, 5) is 4.22. The fraction of sp³-hybridized carbons (Fsp3) is 0.100. The van der Waals surface area contributed by atoms with Crippen LogP contribution in [0.2, 0.25) is 0 Å². The van der Waals surface area contributed by atoms with Crippen molar-refractivity contribution in [2.75, 3.05) is 12.8 Å². The van der Waals surface area contributed by atoms with Crippen molar-refractivity contribution in [2.45, 2.75) is 0 Å². The highest BCUT2D eigenvalue weighted by Crippen LogP contribution is 2.34. The van der Waals surface area contributed by atoms with Crippen LogP contribution in [-0.2, 0) is 0 Å². The molecular weight excluding hydrogens is 244 g/mol. The number of nitrogens with two attached hydrogens (primary N) is 1. The van der Waals surface area contributed by atoms with E-state index in [2.05, 4.69) is 20.9 Å². The summed E-state index contributed by atoms with van der Waals surface area (Å²) in [6.45, 7) is 0. The molecule has 4 heteroatoms. The Hall–Kier alpha value is -1.29. The Balaban J connectivity index is 2.87. The third kappa shape index (κ3) is 1.32. The van der Waals surface area contributed by atoms with E-state index in [0.29, 0.717) is 11.4 Å². The minimum atomic E-state index is 0.575. The van der Waals surface area contributed by atoms with E-state index in [1.807, 2.05) is 18.2 Å². The van der Waals surface area contributed by atoms with Crippen molar-refractivity contribution in [3.8, 4) is 5.75 Å². The third-order valence-electron chi connectivity index (χ3n) is 2.06. The molecule has 1 aromatic heterocycles. The van der Waals surface area contributed by atoms with E-state index in [1.54, 1.807) is 13.3 Å². The summed E-state index contributed by atoms with van der Waals surface area (Å²) in [6.07, 6.45) is 1.71. The zero-order valence-electron chi connectivity index (χ0n) is 7.62. The Morgan fingerprint density at radius 1 is 1.50 bits per heavy atom. The average Bonchev–Trinajstić information content (AvgIpc) is 2.23. The molecule has 0 spiro atoms. The van der Waals surface area contributed by atoms with Crippen LogP contribution in [0.15, 0.2) is 28.9 Å². The van der Waals surface area contributed by atoms with Crippen LogP contribution >= 0.6 is 15.9 Å². The summed E-state index contributed by atoms with van der Waals surface area (Å²) in [7, 11) is 1.59. The summed E-state index contributed by atoms with van der Waals surface area (Å²) in [5.41, 5.74) is 7.23. The molecule has 2 N–H and O–H groups in total. The van der Waals surface area contributed by atoms with Gasteiger partial charge >= 0.3 is 0 Å². The molecule has 0 radical (unpaired) electrons. The molecule has 0 aliphatic rings. The second-order valence-corrected chi connectivity index (χ2v) is 3.73. The molecule has 3 nitrogen and oxygen atoms in total. The molecule has 0 aliphatic heterocycles. The van der Waals surface area contributed by atoms with Gasteiger partial charge in [0, 0.05) is 16.1 Å². The molecule has 14 heavy (non-hydrogen) atoms. The summed E-state index contributed by atoms with van der Waals surface area (Å²) < 4.78 is 6.08. The molecule has 0 saturated carbocycles. The van der Waals surface area contributed by atoms with Gasteiger partial charge in [-0.15, -0.1) is 0 Å². The van der Waals surface area contributed by atoms with Crippen LogP contribution in [0.5, 0.6) is 5.75 Å². The highest BCUT2D eigenvalue weighted by Gasteiger charge is 2.08. The normalized spacial score (nSPS) is 10.4. The molecule has 0 saturated heterocycles. The van der Waals surface area contributed by atoms with Crippen molar-refractivity contribution < 1.29 is 4.74 Å². The summed E-state index contributed by atoms with van der Waals surface area (Å²) in [5, 5.41) is 0.991. The van der Waals surface area contributed by atoms with E-state index < -0.39 is 0 Å². The van der Waals surface area contributed by atoms with Gasteiger partial charge in [-0.25, -0.2) is 0 Å². The van der Waals surface area contributed by atoms with E-state index >= 15 is 0 Å². The van der Waals surface area contributed by atoms with E-state index in [1.165, 1.54) is 0 Å². The van der Waals surface area contributed by atoms with Crippen molar-refractivity contribution in [3.05, 3.63) is 28.9 Å². The Morgan fingerprint density at radius 3 is 3.00 bits per heavy atom. The van der Waals surface area contributed by atoms with Crippen molar-refractivity contribution in [1.82, 2.24) is 4.98 Å².